The minimum Gasteiger partial charge on any atom is -0.465 e. The Kier molecular flexibility index (Phi) is 32.2. The monoisotopic (exact) mass is 736 g/mol. The minimum absolute atomic E-state index is 0.0634. The van der Waals surface area contributed by atoms with E-state index in [2.05, 4.69) is 63.8 Å². The third-order valence-electron chi connectivity index (χ3n) is 10.1. The SMILES string of the molecule is CC/C=C\CCCCOC(CCC(=O)OCC(CCCC(CCCC)CCCC)COC(=O)OCC1CCCN(CC)C1)OCCCC/C=C\CC. The summed E-state index contributed by atoms with van der Waals surface area (Å²) in [6.07, 6.45) is 29.6. The topological polar surface area (TPSA) is 83.5 Å². The molecule has 52 heavy (non-hydrogen) atoms. The number of hydrogen-bond donors (Lipinski definition) is 0. The Morgan fingerprint density at radius 2 is 1.27 bits per heavy atom. The van der Waals surface area contributed by atoms with Crippen LogP contribution in [0.3, 0.4) is 0 Å². The highest BCUT2D eigenvalue weighted by Gasteiger charge is 2.22. The molecule has 1 saturated heterocycles. The van der Waals surface area contributed by atoms with Gasteiger partial charge in [0.2, 0.25) is 0 Å². The number of unbranched alkanes of at least 4 members (excludes halogenated alkanes) is 6. The van der Waals surface area contributed by atoms with Crippen molar-refractivity contribution < 1.29 is 33.3 Å². The van der Waals surface area contributed by atoms with Crippen molar-refractivity contribution in [1.29, 1.82) is 0 Å². The van der Waals surface area contributed by atoms with E-state index in [4.69, 9.17) is 23.7 Å². The second-order valence-electron chi connectivity index (χ2n) is 14.9. The van der Waals surface area contributed by atoms with Crippen molar-refractivity contribution in [3.63, 3.8) is 0 Å². The van der Waals surface area contributed by atoms with Gasteiger partial charge in [0.1, 0.15) is 6.61 Å². The molecule has 2 unspecified atom stereocenters. The number of likely N-dealkylation sites (tertiary alicyclic amines) is 1. The third-order valence-corrected chi connectivity index (χ3v) is 10.1. The van der Waals surface area contributed by atoms with Crippen LogP contribution in [0.25, 0.3) is 0 Å². The van der Waals surface area contributed by atoms with E-state index < -0.39 is 12.4 Å². The molecule has 0 bridgehead atoms. The number of nitrogens with zero attached hydrogens (tertiary/aromatic N) is 1. The zero-order valence-corrected chi connectivity index (χ0v) is 34.4. The Labute approximate surface area is 320 Å². The van der Waals surface area contributed by atoms with Crippen molar-refractivity contribution in [2.75, 3.05) is 52.7 Å². The van der Waals surface area contributed by atoms with E-state index in [-0.39, 0.29) is 31.5 Å². The summed E-state index contributed by atoms with van der Waals surface area (Å²) in [5, 5.41) is 0. The highest BCUT2D eigenvalue weighted by Crippen LogP contribution is 2.24. The van der Waals surface area contributed by atoms with Gasteiger partial charge in [-0.05, 0) is 89.6 Å². The molecule has 1 aliphatic rings. The van der Waals surface area contributed by atoms with Gasteiger partial charge in [-0.1, -0.05) is 110 Å². The zero-order valence-electron chi connectivity index (χ0n) is 34.4. The van der Waals surface area contributed by atoms with Crippen LogP contribution < -0.4 is 0 Å². The first-order chi connectivity index (χ1) is 25.4. The van der Waals surface area contributed by atoms with Gasteiger partial charge in [-0.3, -0.25) is 4.79 Å². The van der Waals surface area contributed by atoms with Crippen molar-refractivity contribution >= 4 is 12.1 Å². The molecular formula is C44H81NO7. The highest BCUT2D eigenvalue weighted by molar-refractivity contribution is 5.69. The maximum atomic E-state index is 13.0. The Balaban J connectivity index is 2.66. The van der Waals surface area contributed by atoms with Gasteiger partial charge < -0.3 is 28.6 Å². The number of hydrogen-bond acceptors (Lipinski definition) is 8. The van der Waals surface area contributed by atoms with Gasteiger partial charge in [0.15, 0.2) is 6.29 Å². The van der Waals surface area contributed by atoms with Crippen LogP contribution in [0.15, 0.2) is 24.3 Å². The predicted molar refractivity (Wildman–Crippen MR) is 214 cm³/mol. The molecule has 0 aliphatic carbocycles. The van der Waals surface area contributed by atoms with Crippen LogP contribution in [0.5, 0.6) is 0 Å². The number of esters is 1. The molecule has 0 spiro atoms. The van der Waals surface area contributed by atoms with Crippen molar-refractivity contribution in [3.8, 4) is 0 Å². The average Bonchev–Trinajstić information content (AvgIpc) is 3.16. The predicted octanol–water partition coefficient (Wildman–Crippen LogP) is 11.6. The molecule has 0 aromatic carbocycles. The van der Waals surface area contributed by atoms with Gasteiger partial charge in [0, 0.05) is 38.0 Å². The molecule has 8 nitrogen and oxygen atoms in total. The summed E-state index contributed by atoms with van der Waals surface area (Å²) < 4.78 is 29.2. The normalized spacial score (nSPS) is 16.0. The highest BCUT2D eigenvalue weighted by atomic mass is 16.7. The van der Waals surface area contributed by atoms with Crippen molar-refractivity contribution in [1.82, 2.24) is 4.90 Å². The van der Waals surface area contributed by atoms with Crippen LogP contribution in [0, 0.1) is 17.8 Å². The molecule has 0 N–H and O–H groups in total. The Hall–Kier alpha value is -1.90. The maximum Gasteiger partial charge on any atom is 0.508 e. The number of rotatable bonds is 34. The molecule has 304 valence electrons. The summed E-state index contributed by atoms with van der Waals surface area (Å²) in [5.41, 5.74) is 0. The fourth-order valence-electron chi connectivity index (χ4n) is 6.78. The minimum atomic E-state index is -0.617. The molecular weight excluding hydrogens is 654 g/mol. The van der Waals surface area contributed by atoms with E-state index in [1.54, 1.807) is 0 Å². The molecule has 0 saturated carbocycles. The van der Waals surface area contributed by atoms with Crippen LogP contribution in [0.4, 0.5) is 4.79 Å². The van der Waals surface area contributed by atoms with Crippen LogP contribution in [-0.4, -0.2) is 76.0 Å². The van der Waals surface area contributed by atoms with Crippen LogP contribution >= 0.6 is 0 Å². The molecule has 8 heteroatoms. The lowest BCUT2D eigenvalue weighted by Crippen LogP contribution is -2.37. The number of carbonyl (C=O) groups is 2. The summed E-state index contributed by atoms with van der Waals surface area (Å²) >= 11 is 0. The molecule has 1 rings (SSSR count). The van der Waals surface area contributed by atoms with E-state index in [9.17, 15) is 9.59 Å². The van der Waals surface area contributed by atoms with Gasteiger partial charge >= 0.3 is 12.1 Å². The second kappa shape index (κ2) is 34.8. The standard InChI is InChI=1S/C44H81NO7/c1-6-11-15-17-19-21-33-48-43(49-34-22-20-18-16-12-7-2)31-30-42(46)50-37-41(28-23-27-39(25-13-8-3)26-14-9-4)38-52-44(47)51-36-40-29-24-32-45(10-5)35-40/h11-12,15-16,39-41,43H,6-10,13-14,17-38H2,1-5H3/b15-11-,16-12-. The van der Waals surface area contributed by atoms with Crippen LogP contribution in [0.2, 0.25) is 0 Å². The summed E-state index contributed by atoms with van der Waals surface area (Å²) in [5.74, 6) is 0.751. The van der Waals surface area contributed by atoms with Crippen molar-refractivity contribution in [3.05, 3.63) is 24.3 Å². The number of carbonyl (C=O) groups excluding carboxylic acids is 2. The quantitative estimate of drug-likeness (QED) is 0.0279. The average molecular weight is 736 g/mol. The lowest BCUT2D eigenvalue weighted by Gasteiger charge is -2.31. The second-order valence-corrected chi connectivity index (χ2v) is 14.9. The van der Waals surface area contributed by atoms with Crippen molar-refractivity contribution in [2.24, 2.45) is 17.8 Å². The molecule has 2 atom stereocenters. The van der Waals surface area contributed by atoms with Crippen LogP contribution in [-0.2, 0) is 28.5 Å². The molecule has 0 radical (unpaired) electrons. The smallest absolute Gasteiger partial charge is 0.465 e. The summed E-state index contributed by atoms with van der Waals surface area (Å²) in [6, 6.07) is 0. The summed E-state index contributed by atoms with van der Waals surface area (Å²) in [7, 11) is 0. The van der Waals surface area contributed by atoms with E-state index >= 15 is 0 Å². The van der Waals surface area contributed by atoms with Crippen molar-refractivity contribution in [2.45, 2.75) is 176 Å². The van der Waals surface area contributed by atoms with Crippen LogP contribution in [0.1, 0.15) is 169 Å². The van der Waals surface area contributed by atoms with Gasteiger partial charge in [0.05, 0.1) is 19.6 Å². The Morgan fingerprint density at radius 1 is 0.673 bits per heavy atom. The first-order valence-electron chi connectivity index (χ1n) is 21.7. The zero-order chi connectivity index (χ0) is 37.9. The van der Waals surface area contributed by atoms with E-state index in [1.165, 1.54) is 38.5 Å². The molecule has 1 heterocycles. The first-order valence-corrected chi connectivity index (χ1v) is 21.7. The largest absolute Gasteiger partial charge is 0.508 e. The fourth-order valence-corrected chi connectivity index (χ4v) is 6.78. The van der Waals surface area contributed by atoms with Gasteiger partial charge in [-0.15, -0.1) is 0 Å². The molecule has 1 aliphatic heterocycles. The lowest BCUT2D eigenvalue weighted by atomic mass is 9.89. The van der Waals surface area contributed by atoms with E-state index in [0.717, 1.165) is 109 Å². The summed E-state index contributed by atoms with van der Waals surface area (Å²) in [6.45, 7) is 16.1. The Morgan fingerprint density at radius 3 is 1.87 bits per heavy atom. The fraction of sp³-hybridized carbons (Fsp3) is 0.864. The van der Waals surface area contributed by atoms with Gasteiger partial charge in [0.25, 0.3) is 0 Å². The summed E-state index contributed by atoms with van der Waals surface area (Å²) in [4.78, 5) is 28.0. The molecule has 0 aromatic rings. The van der Waals surface area contributed by atoms with E-state index in [0.29, 0.717) is 32.2 Å². The molecule has 0 amide bonds. The molecule has 1 fully saturated rings. The lowest BCUT2D eigenvalue weighted by molar-refractivity contribution is -0.160. The number of ether oxygens (including phenoxy) is 5. The number of allylic oxidation sites excluding steroid dienone is 4. The third kappa shape index (κ3) is 27.7. The first kappa shape index (κ1) is 48.1. The Bertz CT molecular complexity index is 862. The number of piperidine rings is 1. The molecule has 0 aromatic heterocycles. The van der Waals surface area contributed by atoms with Gasteiger partial charge in [-0.2, -0.15) is 0 Å². The van der Waals surface area contributed by atoms with E-state index in [1.807, 2.05) is 0 Å². The maximum absolute atomic E-state index is 13.0. The van der Waals surface area contributed by atoms with Gasteiger partial charge in [-0.25, -0.2) is 4.79 Å².